The van der Waals surface area contributed by atoms with Gasteiger partial charge in [0.05, 0.1) is 4.47 Å². The minimum absolute atomic E-state index is 0.00869. The predicted octanol–water partition coefficient (Wildman–Crippen LogP) is 2.89. The number of carbonyl (C=O) groups excluding carboxylic acids is 1. The number of pyridine rings is 1. The number of benzene rings is 1. The number of ether oxygens (including phenoxy) is 1. The predicted molar refractivity (Wildman–Crippen MR) is 85.3 cm³/mol. The van der Waals surface area contributed by atoms with Gasteiger partial charge in [-0.2, -0.15) is 0 Å². The Balaban J connectivity index is 1.70. The lowest BCUT2D eigenvalue weighted by atomic mass is 10.2. The van der Waals surface area contributed by atoms with Gasteiger partial charge < -0.3 is 10.1 Å². The van der Waals surface area contributed by atoms with E-state index in [-0.39, 0.29) is 12.5 Å². The molecule has 0 bridgehead atoms. The second kappa shape index (κ2) is 7.78. The van der Waals surface area contributed by atoms with E-state index < -0.39 is 0 Å². The van der Waals surface area contributed by atoms with Crippen molar-refractivity contribution in [3.05, 3.63) is 58.3 Å². The van der Waals surface area contributed by atoms with Crippen LogP contribution < -0.4 is 10.1 Å². The fourth-order valence-electron chi connectivity index (χ4n) is 1.75. The number of rotatable bonds is 6. The number of amides is 1. The van der Waals surface area contributed by atoms with Gasteiger partial charge in [0, 0.05) is 18.4 Å². The first-order valence-corrected chi connectivity index (χ1v) is 7.50. The smallest absolute Gasteiger partial charge is 0.257 e. The average Bonchev–Trinajstić information content (AvgIpc) is 2.48. The first-order valence-electron chi connectivity index (χ1n) is 6.71. The molecule has 0 aliphatic carbocycles. The molecule has 2 rings (SSSR count). The van der Waals surface area contributed by atoms with E-state index in [9.17, 15) is 4.79 Å². The van der Waals surface area contributed by atoms with Crippen LogP contribution in [0.3, 0.4) is 0 Å². The summed E-state index contributed by atoms with van der Waals surface area (Å²) in [5.74, 6) is 0.529. The molecule has 0 radical (unpaired) electrons. The molecule has 0 spiro atoms. The lowest BCUT2D eigenvalue weighted by Gasteiger charge is -2.08. The molecule has 4 nitrogen and oxygen atoms in total. The van der Waals surface area contributed by atoms with Crippen molar-refractivity contribution in [1.82, 2.24) is 10.3 Å². The van der Waals surface area contributed by atoms with E-state index in [0.29, 0.717) is 12.3 Å². The fourth-order valence-corrected chi connectivity index (χ4v) is 2.15. The molecule has 21 heavy (non-hydrogen) atoms. The molecular formula is C16H17BrN2O2. The number of hydrogen-bond donors (Lipinski definition) is 1. The summed E-state index contributed by atoms with van der Waals surface area (Å²) in [5.41, 5.74) is 2.09. The summed E-state index contributed by atoms with van der Waals surface area (Å²) >= 11 is 3.37. The Bertz CT molecular complexity index is 599. The SMILES string of the molecule is Cc1ccc(CCNC(=O)COc2ccccc2Br)cn1. The van der Waals surface area contributed by atoms with Crippen molar-refractivity contribution in [2.24, 2.45) is 0 Å². The highest BCUT2D eigenvalue weighted by molar-refractivity contribution is 9.10. The standard InChI is InChI=1S/C16H17BrN2O2/c1-12-6-7-13(10-19-12)8-9-18-16(20)11-21-15-5-3-2-4-14(15)17/h2-7,10H,8-9,11H2,1H3,(H,18,20). The van der Waals surface area contributed by atoms with Gasteiger partial charge in [-0.25, -0.2) is 0 Å². The van der Waals surface area contributed by atoms with Crippen LogP contribution in [-0.4, -0.2) is 24.0 Å². The lowest BCUT2D eigenvalue weighted by molar-refractivity contribution is -0.123. The Morgan fingerprint density at radius 2 is 2.10 bits per heavy atom. The molecule has 5 heteroatoms. The summed E-state index contributed by atoms with van der Waals surface area (Å²) in [7, 11) is 0. The van der Waals surface area contributed by atoms with Crippen LogP contribution in [0.1, 0.15) is 11.3 Å². The monoisotopic (exact) mass is 348 g/mol. The third-order valence-electron chi connectivity index (χ3n) is 2.90. The van der Waals surface area contributed by atoms with Gasteiger partial charge in [-0.05, 0) is 53.0 Å². The van der Waals surface area contributed by atoms with Gasteiger partial charge in [-0.1, -0.05) is 18.2 Å². The number of hydrogen-bond acceptors (Lipinski definition) is 3. The Labute approximate surface area is 132 Å². The molecule has 0 unspecified atom stereocenters. The van der Waals surface area contributed by atoms with Crippen LogP contribution in [-0.2, 0) is 11.2 Å². The maximum atomic E-state index is 11.7. The highest BCUT2D eigenvalue weighted by Crippen LogP contribution is 2.23. The van der Waals surface area contributed by atoms with Gasteiger partial charge >= 0.3 is 0 Å². The Morgan fingerprint density at radius 1 is 1.29 bits per heavy atom. The van der Waals surface area contributed by atoms with Crippen molar-refractivity contribution >= 4 is 21.8 Å². The van der Waals surface area contributed by atoms with E-state index in [2.05, 4.69) is 26.2 Å². The normalized spacial score (nSPS) is 10.2. The van der Waals surface area contributed by atoms with Crippen LogP contribution in [0.4, 0.5) is 0 Å². The number of carbonyl (C=O) groups is 1. The van der Waals surface area contributed by atoms with E-state index in [0.717, 1.165) is 22.2 Å². The molecule has 1 N–H and O–H groups in total. The van der Waals surface area contributed by atoms with E-state index >= 15 is 0 Å². The van der Waals surface area contributed by atoms with Crippen molar-refractivity contribution in [1.29, 1.82) is 0 Å². The summed E-state index contributed by atoms with van der Waals surface area (Å²) in [6, 6.07) is 11.4. The first-order chi connectivity index (χ1) is 10.1. The zero-order valence-electron chi connectivity index (χ0n) is 11.8. The average molecular weight is 349 g/mol. The molecule has 0 saturated carbocycles. The minimum Gasteiger partial charge on any atom is -0.483 e. The molecule has 0 aliphatic rings. The molecule has 1 heterocycles. The molecule has 110 valence electrons. The highest BCUT2D eigenvalue weighted by atomic mass is 79.9. The second-order valence-electron chi connectivity index (χ2n) is 4.63. The summed E-state index contributed by atoms with van der Waals surface area (Å²) < 4.78 is 6.28. The van der Waals surface area contributed by atoms with E-state index in [4.69, 9.17) is 4.74 Å². The molecule has 0 aliphatic heterocycles. The number of halogens is 1. The number of para-hydroxylation sites is 1. The summed E-state index contributed by atoms with van der Waals surface area (Å²) in [6.45, 7) is 2.53. The topological polar surface area (TPSA) is 51.2 Å². The summed E-state index contributed by atoms with van der Waals surface area (Å²) in [5, 5.41) is 2.83. The number of aryl methyl sites for hydroxylation is 1. The molecule has 0 fully saturated rings. The van der Waals surface area contributed by atoms with Crippen molar-refractivity contribution in [3.8, 4) is 5.75 Å². The van der Waals surface area contributed by atoms with Gasteiger partial charge in [-0.15, -0.1) is 0 Å². The van der Waals surface area contributed by atoms with E-state index in [1.54, 1.807) is 0 Å². The number of aromatic nitrogens is 1. The lowest BCUT2D eigenvalue weighted by Crippen LogP contribution is -2.30. The van der Waals surface area contributed by atoms with Gasteiger partial charge in [0.15, 0.2) is 6.61 Å². The molecule has 2 aromatic rings. The minimum atomic E-state index is -0.133. The molecule has 1 aromatic carbocycles. The van der Waals surface area contributed by atoms with Crippen molar-refractivity contribution < 1.29 is 9.53 Å². The van der Waals surface area contributed by atoms with Crippen molar-refractivity contribution in [2.75, 3.05) is 13.2 Å². The third-order valence-corrected chi connectivity index (χ3v) is 3.56. The van der Waals surface area contributed by atoms with Gasteiger partial charge in [0.1, 0.15) is 5.75 Å². The second-order valence-corrected chi connectivity index (χ2v) is 5.48. The van der Waals surface area contributed by atoms with Gasteiger partial charge in [0.2, 0.25) is 0 Å². The van der Waals surface area contributed by atoms with Crippen LogP contribution in [0, 0.1) is 6.92 Å². The molecule has 0 saturated heterocycles. The molecular weight excluding hydrogens is 332 g/mol. The Hall–Kier alpha value is -1.88. The zero-order chi connectivity index (χ0) is 15.1. The van der Waals surface area contributed by atoms with E-state index in [1.807, 2.05) is 49.5 Å². The highest BCUT2D eigenvalue weighted by Gasteiger charge is 2.04. The summed E-state index contributed by atoms with van der Waals surface area (Å²) in [6.07, 6.45) is 2.59. The van der Waals surface area contributed by atoms with Crippen molar-refractivity contribution in [3.63, 3.8) is 0 Å². The van der Waals surface area contributed by atoms with Crippen LogP contribution in [0.2, 0.25) is 0 Å². The first kappa shape index (κ1) is 15.5. The van der Waals surface area contributed by atoms with Gasteiger partial charge in [0.25, 0.3) is 5.91 Å². The maximum Gasteiger partial charge on any atom is 0.257 e. The quantitative estimate of drug-likeness (QED) is 0.873. The number of nitrogens with zero attached hydrogens (tertiary/aromatic N) is 1. The van der Waals surface area contributed by atoms with Crippen LogP contribution in [0.5, 0.6) is 5.75 Å². The largest absolute Gasteiger partial charge is 0.483 e. The Morgan fingerprint density at radius 3 is 2.81 bits per heavy atom. The summed E-state index contributed by atoms with van der Waals surface area (Å²) in [4.78, 5) is 15.9. The van der Waals surface area contributed by atoms with E-state index in [1.165, 1.54) is 0 Å². The van der Waals surface area contributed by atoms with Crippen molar-refractivity contribution in [2.45, 2.75) is 13.3 Å². The molecule has 0 atom stereocenters. The Kier molecular flexibility index (Phi) is 5.75. The van der Waals surface area contributed by atoms with Crippen LogP contribution in [0.15, 0.2) is 47.1 Å². The van der Waals surface area contributed by atoms with Crippen LogP contribution in [0.25, 0.3) is 0 Å². The maximum absolute atomic E-state index is 11.7. The third kappa shape index (κ3) is 5.19. The molecule has 1 amide bonds. The fraction of sp³-hybridized carbons (Fsp3) is 0.250. The van der Waals surface area contributed by atoms with Gasteiger partial charge in [-0.3, -0.25) is 9.78 Å². The molecule has 1 aromatic heterocycles. The van der Waals surface area contributed by atoms with Crippen LogP contribution >= 0.6 is 15.9 Å². The zero-order valence-corrected chi connectivity index (χ0v) is 13.4. The number of nitrogens with one attached hydrogen (secondary N) is 1.